The van der Waals surface area contributed by atoms with E-state index in [0.717, 1.165) is 4.47 Å². The Balaban J connectivity index is 2.18. The fourth-order valence-corrected chi connectivity index (χ4v) is 1.46. The molecule has 1 atom stereocenters. The van der Waals surface area contributed by atoms with Crippen LogP contribution >= 0.6 is 15.9 Å². The summed E-state index contributed by atoms with van der Waals surface area (Å²) in [6.45, 7) is 0. The van der Waals surface area contributed by atoms with E-state index in [1.54, 1.807) is 12.1 Å². The summed E-state index contributed by atoms with van der Waals surface area (Å²) in [6, 6.07) is 7.25. The third kappa shape index (κ3) is 2.11. The summed E-state index contributed by atoms with van der Waals surface area (Å²) >= 11 is 3.31. The lowest BCUT2D eigenvalue weighted by atomic mass is 10.3. The molecular formula is C9H9BrN2O3. The number of benzene rings is 1. The van der Waals surface area contributed by atoms with E-state index in [2.05, 4.69) is 21.4 Å². The minimum Gasteiger partial charge on any atom is -0.402 e. The third-order valence-electron chi connectivity index (χ3n) is 1.92. The summed E-state index contributed by atoms with van der Waals surface area (Å²) in [6.07, 6.45) is -1.20. The molecule has 2 rings (SSSR count). The smallest absolute Gasteiger partial charge is 0.402 e. The molecule has 0 aliphatic carbocycles. The van der Waals surface area contributed by atoms with Gasteiger partial charge in [0.15, 0.2) is 0 Å². The van der Waals surface area contributed by atoms with Crippen molar-refractivity contribution in [3.8, 4) is 0 Å². The number of nitrogens with one attached hydrogen (secondary N) is 1. The number of rotatable bonds is 2. The second-order valence-electron chi connectivity index (χ2n) is 2.89. The molecule has 0 aromatic heterocycles. The first kappa shape index (κ1) is 10.4. The van der Waals surface area contributed by atoms with Gasteiger partial charge in [0, 0.05) is 11.6 Å². The highest BCUT2D eigenvalue weighted by Gasteiger charge is 2.31. The molecule has 1 aliphatic heterocycles. The van der Waals surface area contributed by atoms with Crippen LogP contribution in [0.25, 0.3) is 0 Å². The van der Waals surface area contributed by atoms with Crippen LogP contribution in [0.5, 0.6) is 0 Å². The predicted molar refractivity (Wildman–Crippen MR) is 57.0 cm³/mol. The van der Waals surface area contributed by atoms with E-state index in [0.29, 0.717) is 5.69 Å². The molecule has 15 heavy (non-hydrogen) atoms. The summed E-state index contributed by atoms with van der Waals surface area (Å²) in [5.41, 5.74) is 3.45. The first-order chi connectivity index (χ1) is 7.20. The number of halogens is 1. The second kappa shape index (κ2) is 4.18. The van der Waals surface area contributed by atoms with Crippen LogP contribution in [-0.2, 0) is 9.47 Å². The molecule has 1 N–H and O–H groups in total. The van der Waals surface area contributed by atoms with Gasteiger partial charge in [-0.15, -0.1) is 0 Å². The maximum Gasteiger partial charge on any atom is 0.432 e. The molecule has 1 saturated heterocycles. The quantitative estimate of drug-likeness (QED) is 0.893. The number of amides is 1. The van der Waals surface area contributed by atoms with Crippen molar-refractivity contribution in [2.24, 2.45) is 0 Å². The summed E-state index contributed by atoms with van der Waals surface area (Å²) in [7, 11) is 1.45. The first-order valence-electron chi connectivity index (χ1n) is 4.26. The highest BCUT2D eigenvalue weighted by atomic mass is 79.9. The molecule has 0 bridgehead atoms. The fourth-order valence-electron chi connectivity index (χ4n) is 1.20. The number of anilines is 1. The number of hydrogen-bond acceptors (Lipinski definition) is 4. The van der Waals surface area contributed by atoms with E-state index in [4.69, 9.17) is 9.47 Å². The standard InChI is InChI=1S/C9H9BrN2O3/c1-14-8-11-12(9(13)15-8)7-4-2-6(10)3-5-7/h2-5,8,11H,1H3. The van der Waals surface area contributed by atoms with Gasteiger partial charge < -0.3 is 9.47 Å². The molecule has 6 heteroatoms. The van der Waals surface area contributed by atoms with Crippen molar-refractivity contribution in [3.05, 3.63) is 28.7 Å². The van der Waals surface area contributed by atoms with E-state index in [-0.39, 0.29) is 0 Å². The van der Waals surface area contributed by atoms with Crippen molar-refractivity contribution in [1.82, 2.24) is 5.43 Å². The topological polar surface area (TPSA) is 50.8 Å². The first-order valence-corrected chi connectivity index (χ1v) is 5.05. The van der Waals surface area contributed by atoms with Gasteiger partial charge in [-0.2, -0.15) is 5.43 Å². The maximum atomic E-state index is 11.4. The van der Waals surface area contributed by atoms with Crippen LogP contribution < -0.4 is 10.4 Å². The zero-order valence-electron chi connectivity index (χ0n) is 7.94. The molecule has 1 aromatic rings. The van der Waals surface area contributed by atoms with E-state index in [1.807, 2.05) is 12.1 Å². The lowest BCUT2D eigenvalue weighted by molar-refractivity contribution is -0.0722. The number of hydrogen-bond donors (Lipinski definition) is 1. The Morgan fingerprint density at radius 1 is 1.47 bits per heavy atom. The van der Waals surface area contributed by atoms with Crippen LogP contribution in [-0.4, -0.2) is 19.6 Å². The number of carbonyl (C=O) groups is 1. The number of cyclic esters (lactones) is 1. The normalized spacial score (nSPS) is 20.5. The minimum atomic E-state index is -0.721. The van der Waals surface area contributed by atoms with Gasteiger partial charge in [0.25, 0.3) is 6.41 Å². The number of nitrogens with zero attached hydrogens (tertiary/aromatic N) is 1. The molecule has 5 nitrogen and oxygen atoms in total. The van der Waals surface area contributed by atoms with Gasteiger partial charge in [0.2, 0.25) is 0 Å². The molecule has 0 saturated carbocycles. The van der Waals surface area contributed by atoms with Crippen LogP contribution in [0.1, 0.15) is 0 Å². The van der Waals surface area contributed by atoms with E-state index in [1.165, 1.54) is 12.1 Å². The maximum absolute atomic E-state index is 11.4. The van der Waals surface area contributed by atoms with E-state index in [9.17, 15) is 4.79 Å². The van der Waals surface area contributed by atoms with Gasteiger partial charge >= 0.3 is 6.09 Å². The fraction of sp³-hybridized carbons (Fsp3) is 0.222. The zero-order valence-corrected chi connectivity index (χ0v) is 9.52. The van der Waals surface area contributed by atoms with Gasteiger partial charge in [-0.25, -0.2) is 9.80 Å². The summed E-state index contributed by atoms with van der Waals surface area (Å²) in [5, 5.41) is 1.29. The Hall–Kier alpha value is -1.11. The number of carbonyl (C=O) groups excluding carboxylic acids is 1. The number of ether oxygens (including phenoxy) is 2. The summed E-state index contributed by atoms with van der Waals surface area (Å²) in [4.78, 5) is 11.4. The molecule has 1 aliphatic rings. The van der Waals surface area contributed by atoms with Crippen LogP contribution in [0.4, 0.5) is 10.5 Å². The Morgan fingerprint density at radius 2 is 2.13 bits per heavy atom. The molecule has 1 amide bonds. The van der Waals surface area contributed by atoms with Crippen molar-refractivity contribution in [2.45, 2.75) is 6.41 Å². The number of hydrazine groups is 1. The number of methoxy groups -OCH3 is 1. The molecule has 1 aromatic carbocycles. The Bertz CT molecular complexity index is 368. The van der Waals surface area contributed by atoms with Crippen molar-refractivity contribution < 1.29 is 14.3 Å². The van der Waals surface area contributed by atoms with Gasteiger partial charge in [-0.05, 0) is 24.3 Å². The van der Waals surface area contributed by atoms with Crippen molar-refractivity contribution in [1.29, 1.82) is 0 Å². The van der Waals surface area contributed by atoms with Crippen LogP contribution in [0.15, 0.2) is 28.7 Å². The van der Waals surface area contributed by atoms with Crippen molar-refractivity contribution >= 4 is 27.7 Å². The van der Waals surface area contributed by atoms with Gasteiger partial charge in [-0.3, -0.25) is 0 Å². The Labute approximate surface area is 95.1 Å². The second-order valence-corrected chi connectivity index (χ2v) is 3.81. The molecule has 0 spiro atoms. The average Bonchev–Trinajstić information content (AvgIpc) is 2.61. The van der Waals surface area contributed by atoms with Crippen LogP contribution in [0.3, 0.4) is 0 Å². The minimum absolute atomic E-state index is 0.482. The van der Waals surface area contributed by atoms with Gasteiger partial charge in [-0.1, -0.05) is 15.9 Å². The lowest BCUT2D eigenvalue weighted by Gasteiger charge is -2.12. The van der Waals surface area contributed by atoms with Crippen molar-refractivity contribution in [2.75, 3.05) is 12.1 Å². The molecule has 80 valence electrons. The van der Waals surface area contributed by atoms with Crippen molar-refractivity contribution in [3.63, 3.8) is 0 Å². The average molecular weight is 273 g/mol. The predicted octanol–water partition coefficient (Wildman–Crippen LogP) is 1.84. The monoisotopic (exact) mass is 272 g/mol. The molecule has 1 fully saturated rings. The molecule has 1 unspecified atom stereocenters. The summed E-state index contributed by atoms with van der Waals surface area (Å²) in [5.74, 6) is 0. The highest BCUT2D eigenvalue weighted by molar-refractivity contribution is 9.10. The zero-order chi connectivity index (χ0) is 10.8. The van der Waals surface area contributed by atoms with E-state index >= 15 is 0 Å². The van der Waals surface area contributed by atoms with Gasteiger partial charge in [0.05, 0.1) is 5.69 Å². The van der Waals surface area contributed by atoms with Crippen LogP contribution in [0.2, 0.25) is 0 Å². The lowest BCUT2D eigenvalue weighted by Crippen LogP contribution is -2.37. The summed E-state index contributed by atoms with van der Waals surface area (Å²) < 4.78 is 10.6. The SMILES string of the molecule is COC1NN(c2ccc(Br)cc2)C(=O)O1. The Morgan fingerprint density at radius 3 is 2.67 bits per heavy atom. The van der Waals surface area contributed by atoms with Crippen LogP contribution in [0, 0.1) is 0 Å². The molecule has 1 heterocycles. The van der Waals surface area contributed by atoms with E-state index < -0.39 is 12.5 Å². The van der Waals surface area contributed by atoms with Gasteiger partial charge in [0.1, 0.15) is 0 Å². The highest BCUT2D eigenvalue weighted by Crippen LogP contribution is 2.20. The Kier molecular flexibility index (Phi) is 2.90. The third-order valence-corrected chi connectivity index (χ3v) is 2.45. The largest absolute Gasteiger partial charge is 0.432 e. The molecular weight excluding hydrogens is 264 g/mol. The molecule has 0 radical (unpaired) electrons.